The Kier molecular flexibility index (Phi) is 4.62. The molecule has 4 heteroatoms. The van der Waals surface area contributed by atoms with Gasteiger partial charge in [-0.25, -0.2) is 0 Å². The topological polar surface area (TPSA) is 55.6 Å². The fourth-order valence-corrected chi connectivity index (χ4v) is 3.77. The van der Waals surface area contributed by atoms with Gasteiger partial charge in [0.25, 0.3) is 0 Å². The van der Waals surface area contributed by atoms with Crippen molar-refractivity contribution in [3.8, 4) is 5.75 Å². The molecule has 0 radical (unpaired) electrons. The zero-order valence-electron chi connectivity index (χ0n) is 14.3. The van der Waals surface area contributed by atoms with Gasteiger partial charge in [-0.05, 0) is 42.3 Å². The molecule has 2 N–H and O–H groups in total. The second kappa shape index (κ2) is 6.52. The number of fused-ring (bicyclic) bond motifs is 1. The first-order valence-electron chi connectivity index (χ1n) is 8.72. The van der Waals surface area contributed by atoms with E-state index in [1.165, 1.54) is 5.56 Å². The van der Waals surface area contributed by atoms with E-state index >= 15 is 0 Å². The quantitative estimate of drug-likeness (QED) is 0.929. The monoisotopic (exact) mass is 316 g/mol. The van der Waals surface area contributed by atoms with Gasteiger partial charge in [0.15, 0.2) is 0 Å². The number of carbonyl (C=O) groups is 1. The summed E-state index contributed by atoms with van der Waals surface area (Å²) in [6, 6.07) is 8.07. The summed E-state index contributed by atoms with van der Waals surface area (Å²) in [5.74, 6) is 1.78. The van der Waals surface area contributed by atoms with Crippen LogP contribution in [0.5, 0.6) is 5.75 Å². The van der Waals surface area contributed by atoms with Crippen LogP contribution in [-0.2, 0) is 11.2 Å². The Bertz CT molecular complexity index is 537. The molecule has 23 heavy (non-hydrogen) atoms. The Morgan fingerprint density at radius 2 is 2.00 bits per heavy atom. The summed E-state index contributed by atoms with van der Waals surface area (Å²) in [5.41, 5.74) is 7.27. The van der Waals surface area contributed by atoms with Gasteiger partial charge >= 0.3 is 0 Å². The van der Waals surface area contributed by atoms with Crippen molar-refractivity contribution in [3.05, 3.63) is 29.8 Å². The lowest BCUT2D eigenvalue weighted by atomic mass is 9.74. The van der Waals surface area contributed by atoms with Crippen LogP contribution in [0.15, 0.2) is 24.3 Å². The number of amides is 1. The normalized spacial score (nSPS) is 21.9. The van der Waals surface area contributed by atoms with Gasteiger partial charge in [0.2, 0.25) is 5.91 Å². The minimum Gasteiger partial charge on any atom is -0.489 e. The third-order valence-corrected chi connectivity index (χ3v) is 5.60. The molecule has 1 unspecified atom stereocenters. The lowest BCUT2D eigenvalue weighted by Gasteiger charge is -2.40. The molecule has 1 aromatic carbocycles. The maximum absolute atomic E-state index is 12.6. The number of carbonyl (C=O) groups excluding carboxylic acids is 1. The van der Waals surface area contributed by atoms with Crippen molar-refractivity contribution in [2.45, 2.75) is 45.6 Å². The van der Waals surface area contributed by atoms with Gasteiger partial charge in [0.1, 0.15) is 11.9 Å². The largest absolute Gasteiger partial charge is 0.489 e. The SMILES string of the molecule is CC(C)(CN)C1CCN(C(=O)CC2Cc3ccccc3O2)CC1. The molecule has 3 rings (SSSR count). The van der Waals surface area contributed by atoms with E-state index < -0.39 is 0 Å². The average Bonchev–Trinajstić information content (AvgIpc) is 2.97. The zero-order chi connectivity index (χ0) is 16.4. The molecule has 2 aliphatic heterocycles. The fourth-order valence-electron chi connectivity index (χ4n) is 3.77. The summed E-state index contributed by atoms with van der Waals surface area (Å²) in [4.78, 5) is 14.6. The third-order valence-electron chi connectivity index (χ3n) is 5.60. The number of ether oxygens (including phenoxy) is 1. The molecule has 0 saturated carbocycles. The van der Waals surface area contributed by atoms with Crippen LogP contribution in [0.1, 0.15) is 38.7 Å². The van der Waals surface area contributed by atoms with Crippen LogP contribution in [0.3, 0.4) is 0 Å². The van der Waals surface area contributed by atoms with E-state index in [9.17, 15) is 4.79 Å². The Morgan fingerprint density at radius 3 is 2.65 bits per heavy atom. The number of rotatable bonds is 4. The van der Waals surface area contributed by atoms with Gasteiger partial charge in [-0.15, -0.1) is 0 Å². The molecule has 0 aromatic heterocycles. The highest BCUT2D eigenvalue weighted by atomic mass is 16.5. The van der Waals surface area contributed by atoms with Crippen LogP contribution in [0.2, 0.25) is 0 Å². The van der Waals surface area contributed by atoms with E-state index in [0.29, 0.717) is 18.9 Å². The molecule has 2 aliphatic rings. The van der Waals surface area contributed by atoms with Crippen molar-refractivity contribution in [1.29, 1.82) is 0 Å². The summed E-state index contributed by atoms with van der Waals surface area (Å²) in [6.07, 6.45) is 3.44. The average molecular weight is 316 g/mol. The minimum atomic E-state index is -0.00175. The standard InChI is InChI=1S/C19H28N2O2/c1-19(2,13-20)15-7-9-21(10-8-15)18(22)12-16-11-14-5-3-4-6-17(14)23-16/h3-6,15-16H,7-13,20H2,1-2H3. The highest BCUT2D eigenvalue weighted by Gasteiger charge is 2.34. The first-order valence-corrected chi connectivity index (χ1v) is 8.72. The van der Waals surface area contributed by atoms with Crippen molar-refractivity contribution < 1.29 is 9.53 Å². The molecule has 0 spiro atoms. The molecule has 1 fully saturated rings. The summed E-state index contributed by atoms with van der Waals surface area (Å²) in [5, 5.41) is 0. The summed E-state index contributed by atoms with van der Waals surface area (Å²) in [6.45, 7) is 6.89. The zero-order valence-corrected chi connectivity index (χ0v) is 14.3. The molecule has 1 atom stereocenters. The summed E-state index contributed by atoms with van der Waals surface area (Å²) >= 11 is 0. The minimum absolute atomic E-state index is 0.00175. The highest BCUT2D eigenvalue weighted by Crippen LogP contribution is 2.35. The Labute approximate surface area is 139 Å². The molecule has 2 heterocycles. The van der Waals surface area contributed by atoms with Gasteiger partial charge < -0.3 is 15.4 Å². The lowest BCUT2D eigenvalue weighted by molar-refractivity contribution is -0.134. The van der Waals surface area contributed by atoms with Gasteiger partial charge in [-0.2, -0.15) is 0 Å². The second-order valence-corrected chi connectivity index (χ2v) is 7.60. The Hall–Kier alpha value is -1.55. The van der Waals surface area contributed by atoms with Gasteiger partial charge in [0.05, 0.1) is 6.42 Å². The summed E-state index contributed by atoms with van der Waals surface area (Å²) < 4.78 is 5.90. The highest BCUT2D eigenvalue weighted by molar-refractivity contribution is 5.77. The number of nitrogens with two attached hydrogens (primary N) is 1. The number of para-hydroxylation sites is 1. The van der Waals surface area contributed by atoms with Gasteiger partial charge in [-0.1, -0.05) is 32.0 Å². The van der Waals surface area contributed by atoms with E-state index in [0.717, 1.165) is 38.1 Å². The smallest absolute Gasteiger partial charge is 0.226 e. The van der Waals surface area contributed by atoms with Crippen LogP contribution >= 0.6 is 0 Å². The van der Waals surface area contributed by atoms with E-state index in [2.05, 4.69) is 19.9 Å². The molecular formula is C19H28N2O2. The van der Waals surface area contributed by atoms with Crippen molar-refractivity contribution in [3.63, 3.8) is 0 Å². The Morgan fingerprint density at radius 1 is 1.30 bits per heavy atom. The van der Waals surface area contributed by atoms with E-state index in [1.54, 1.807) is 0 Å². The molecule has 1 amide bonds. The summed E-state index contributed by atoms with van der Waals surface area (Å²) in [7, 11) is 0. The third kappa shape index (κ3) is 3.52. The predicted octanol–water partition coefficient (Wildman–Crippen LogP) is 2.60. The first kappa shape index (κ1) is 16.3. The number of hydrogen-bond donors (Lipinski definition) is 1. The van der Waals surface area contributed by atoms with Crippen molar-refractivity contribution >= 4 is 5.91 Å². The predicted molar refractivity (Wildman–Crippen MR) is 91.3 cm³/mol. The van der Waals surface area contributed by atoms with E-state index in [-0.39, 0.29) is 17.4 Å². The maximum atomic E-state index is 12.6. The van der Waals surface area contributed by atoms with Crippen LogP contribution in [0.4, 0.5) is 0 Å². The van der Waals surface area contributed by atoms with Crippen molar-refractivity contribution in [2.24, 2.45) is 17.1 Å². The van der Waals surface area contributed by atoms with E-state index in [1.807, 2.05) is 23.1 Å². The second-order valence-electron chi connectivity index (χ2n) is 7.60. The van der Waals surface area contributed by atoms with Gasteiger partial charge in [0, 0.05) is 19.5 Å². The molecular weight excluding hydrogens is 288 g/mol. The molecule has 0 bridgehead atoms. The number of nitrogens with zero attached hydrogens (tertiary/aromatic N) is 1. The maximum Gasteiger partial charge on any atom is 0.226 e. The molecule has 4 nitrogen and oxygen atoms in total. The number of piperidine rings is 1. The molecule has 0 aliphatic carbocycles. The van der Waals surface area contributed by atoms with Crippen LogP contribution in [0.25, 0.3) is 0 Å². The van der Waals surface area contributed by atoms with E-state index in [4.69, 9.17) is 10.5 Å². The first-order chi connectivity index (χ1) is 11.0. The number of likely N-dealkylation sites (tertiary alicyclic amines) is 1. The van der Waals surface area contributed by atoms with Crippen LogP contribution in [-0.4, -0.2) is 36.5 Å². The molecule has 1 aromatic rings. The van der Waals surface area contributed by atoms with Crippen molar-refractivity contribution in [1.82, 2.24) is 4.90 Å². The molecule has 126 valence electrons. The lowest BCUT2D eigenvalue weighted by Crippen LogP contribution is -2.44. The van der Waals surface area contributed by atoms with Crippen LogP contribution in [0, 0.1) is 11.3 Å². The fraction of sp³-hybridized carbons (Fsp3) is 0.632. The number of benzene rings is 1. The van der Waals surface area contributed by atoms with Crippen LogP contribution < -0.4 is 10.5 Å². The number of hydrogen-bond acceptors (Lipinski definition) is 3. The Balaban J connectivity index is 1.49. The van der Waals surface area contributed by atoms with Crippen molar-refractivity contribution in [2.75, 3.05) is 19.6 Å². The molecule has 1 saturated heterocycles. The van der Waals surface area contributed by atoms with Gasteiger partial charge in [-0.3, -0.25) is 4.79 Å².